The summed E-state index contributed by atoms with van der Waals surface area (Å²) >= 11 is 0. The van der Waals surface area contributed by atoms with E-state index >= 15 is 0 Å². The minimum Gasteiger partial charge on any atom is -0.870 e. The molecule has 0 unspecified atom stereocenters. The van der Waals surface area contributed by atoms with Gasteiger partial charge >= 0.3 is 51.4 Å². The summed E-state index contributed by atoms with van der Waals surface area (Å²) in [6.45, 7) is 2.21. The van der Waals surface area contributed by atoms with Crippen LogP contribution in [0.1, 0.15) is 63.9 Å². The van der Waals surface area contributed by atoms with Crippen LogP contribution in [0.2, 0.25) is 0 Å². The quantitative estimate of drug-likeness (QED) is 0.309. The molecule has 0 amide bonds. The molecule has 7 heteroatoms. The molecule has 0 saturated carbocycles. The van der Waals surface area contributed by atoms with E-state index in [1.54, 1.807) is 6.07 Å². The Labute approximate surface area is 217 Å². The molecular formula is C22H29KO5S. The van der Waals surface area contributed by atoms with Crippen molar-refractivity contribution in [3.63, 3.8) is 0 Å². The molecule has 2 aromatic rings. The van der Waals surface area contributed by atoms with E-state index < -0.39 is 10.1 Å². The molecule has 1 N–H and O–H groups in total. The molecular weight excluding hydrogens is 415 g/mol. The van der Waals surface area contributed by atoms with Crippen LogP contribution in [0.4, 0.5) is 0 Å². The average molecular weight is 445 g/mol. The minimum atomic E-state index is -4.25. The van der Waals surface area contributed by atoms with E-state index in [4.69, 9.17) is 9.29 Å². The first kappa shape index (κ1) is 26.6. The second-order valence-electron chi connectivity index (χ2n) is 7.02. The third-order valence-electron chi connectivity index (χ3n) is 4.70. The largest absolute Gasteiger partial charge is 1.00 e. The molecule has 0 aliphatic carbocycles. The number of ether oxygens (including phenoxy) is 1. The van der Waals surface area contributed by atoms with Gasteiger partial charge in [-0.3, -0.25) is 4.55 Å². The third kappa shape index (κ3) is 9.51. The summed E-state index contributed by atoms with van der Waals surface area (Å²) in [6.07, 6.45) is 10.5. The van der Waals surface area contributed by atoms with E-state index in [-0.39, 0.29) is 67.8 Å². The monoisotopic (exact) mass is 444 g/mol. The molecule has 0 radical (unpaired) electrons. The zero-order valence-corrected chi connectivity index (χ0v) is 21.3. The van der Waals surface area contributed by atoms with Crippen LogP contribution in [-0.4, -0.2) is 13.0 Å². The Morgan fingerprint density at radius 1 is 0.897 bits per heavy atom. The number of benzene rings is 2. The zero-order chi connectivity index (χ0) is 20.4. The number of hydrogen-bond acceptors (Lipinski definition) is 4. The van der Waals surface area contributed by atoms with Crippen molar-refractivity contribution in [1.29, 1.82) is 0 Å². The molecule has 0 atom stereocenters. The molecule has 0 aliphatic rings. The summed E-state index contributed by atoms with van der Waals surface area (Å²) in [4.78, 5) is -0.214. The first-order chi connectivity index (χ1) is 13.4. The summed E-state index contributed by atoms with van der Waals surface area (Å²) in [5, 5.41) is 12.2. The molecule has 0 saturated heterocycles. The molecule has 0 aliphatic heterocycles. The zero-order valence-electron chi connectivity index (χ0n) is 17.4. The summed E-state index contributed by atoms with van der Waals surface area (Å²) in [5.41, 5.74) is 0.859. The van der Waals surface area contributed by atoms with E-state index in [1.165, 1.54) is 68.9 Å². The van der Waals surface area contributed by atoms with Gasteiger partial charge in [0.25, 0.3) is 10.1 Å². The molecule has 0 bridgehead atoms. The summed E-state index contributed by atoms with van der Waals surface area (Å²) < 4.78 is 37.0. The van der Waals surface area contributed by atoms with Gasteiger partial charge in [-0.2, -0.15) is 8.42 Å². The molecule has 29 heavy (non-hydrogen) atoms. The Morgan fingerprint density at radius 2 is 1.48 bits per heavy atom. The van der Waals surface area contributed by atoms with Gasteiger partial charge in [0.2, 0.25) is 0 Å². The fourth-order valence-corrected chi connectivity index (χ4v) is 3.60. The van der Waals surface area contributed by atoms with Gasteiger partial charge < -0.3 is 9.84 Å². The standard InChI is InChI=1S/C22H30O5S.K/c1-2-3-4-5-6-7-8-9-11-18-12-10-13-21(23)22(18)27-19-14-16-20(17-15-19)28(24,25)26;/h10,12-17,23H,2-9,11H2,1H3,(H,24,25,26);/q;+1/p-1. The minimum absolute atomic E-state index is 0. The van der Waals surface area contributed by atoms with Crippen molar-refractivity contribution in [2.75, 3.05) is 0 Å². The van der Waals surface area contributed by atoms with Crippen LogP contribution in [0, 0.1) is 0 Å². The SMILES string of the molecule is CCCCCCCCCCc1cccc([O-])c1Oc1ccc(S(=O)(=O)O)cc1.[K+]. The predicted molar refractivity (Wildman–Crippen MR) is 109 cm³/mol. The Balaban J connectivity index is 0.00000420. The molecule has 0 spiro atoms. The van der Waals surface area contributed by atoms with Gasteiger partial charge in [-0.05, 0) is 42.7 Å². The number of rotatable bonds is 12. The first-order valence-electron chi connectivity index (χ1n) is 9.96. The van der Waals surface area contributed by atoms with Crippen molar-refractivity contribution in [3.05, 3.63) is 48.0 Å². The normalized spacial score (nSPS) is 11.1. The second kappa shape index (κ2) is 13.8. The van der Waals surface area contributed by atoms with E-state index in [0.29, 0.717) is 5.75 Å². The maximum atomic E-state index is 12.2. The van der Waals surface area contributed by atoms with E-state index in [9.17, 15) is 13.5 Å². The van der Waals surface area contributed by atoms with Crippen LogP contribution < -0.4 is 61.2 Å². The van der Waals surface area contributed by atoms with Gasteiger partial charge in [-0.1, -0.05) is 75.8 Å². The topological polar surface area (TPSA) is 86.7 Å². The van der Waals surface area contributed by atoms with E-state index in [1.807, 2.05) is 6.07 Å². The van der Waals surface area contributed by atoms with Crippen LogP contribution in [0.15, 0.2) is 47.4 Å². The van der Waals surface area contributed by atoms with Gasteiger partial charge in [-0.25, -0.2) is 0 Å². The van der Waals surface area contributed by atoms with Crippen LogP contribution >= 0.6 is 0 Å². The van der Waals surface area contributed by atoms with Gasteiger partial charge in [0.1, 0.15) is 11.5 Å². The summed E-state index contributed by atoms with van der Waals surface area (Å²) in [6, 6.07) is 10.4. The average Bonchev–Trinajstić information content (AvgIpc) is 2.66. The number of aryl methyl sites for hydroxylation is 1. The second-order valence-corrected chi connectivity index (χ2v) is 8.44. The number of unbranched alkanes of at least 4 members (excludes halogenated alkanes) is 7. The summed E-state index contributed by atoms with van der Waals surface area (Å²) in [7, 11) is -4.25. The van der Waals surface area contributed by atoms with Crippen molar-refractivity contribution in [3.8, 4) is 17.2 Å². The fraction of sp³-hybridized carbons (Fsp3) is 0.455. The van der Waals surface area contributed by atoms with Crippen molar-refractivity contribution in [2.24, 2.45) is 0 Å². The van der Waals surface area contributed by atoms with E-state index in [0.717, 1.165) is 24.8 Å². The van der Waals surface area contributed by atoms with Crippen molar-refractivity contribution in [2.45, 2.75) is 69.6 Å². The van der Waals surface area contributed by atoms with Gasteiger partial charge in [0.05, 0.1) is 4.90 Å². The van der Waals surface area contributed by atoms with Gasteiger partial charge in [-0.15, -0.1) is 0 Å². The molecule has 0 heterocycles. The molecule has 5 nitrogen and oxygen atoms in total. The smallest absolute Gasteiger partial charge is 0.870 e. The first-order valence-corrected chi connectivity index (χ1v) is 11.4. The number of hydrogen-bond donors (Lipinski definition) is 1. The van der Waals surface area contributed by atoms with Crippen molar-refractivity contribution in [1.82, 2.24) is 0 Å². The maximum Gasteiger partial charge on any atom is 1.00 e. The Hall–Kier alpha value is -0.414. The van der Waals surface area contributed by atoms with E-state index in [2.05, 4.69) is 6.92 Å². The molecule has 2 aromatic carbocycles. The Morgan fingerprint density at radius 3 is 2.07 bits per heavy atom. The van der Waals surface area contributed by atoms with Gasteiger partial charge in [0, 0.05) is 0 Å². The Kier molecular flexibility index (Phi) is 12.7. The van der Waals surface area contributed by atoms with Gasteiger partial charge in [0.15, 0.2) is 0 Å². The predicted octanol–water partition coefficient (Wildman–Crippen LogP) is 2.49. The molecule has 154 valence electrons. The van der Waals surface area contributed by atoms with Crippen LogP contribution in [-0.2, 0) is 16.5 Å². The third-order valence-corrected chi connectivity index (χ3v) is 5.57. The Bertz CT molecular complexity index is 835. The maximum absolute atomic E-state index is 12.2. The molecule has 0 fully saturated rings. The van der Waals surface area contributed by atoms with Crippen molar-refractivity contribution >= 4 is 10.1 Å². The molecule has 2 rings (SSSR count). The number of para-hydroxylation sites is 1. The summed E-state index contributed by atoms with van der Waals surface area (Å²) in [5.74, 6) is 0.439. The molecule has 0 aromatic heterocycles. The fourth-order valence-electron chi connectivity index (χ4n) is 3.12. The van der Waals surface area contributed by atoms with Crippen LogP contribution in [0.3, 0.4) is 0 Å². The van der Waals surface area contributed by atoms with Crippen LogP contribution in [0.5, 0.6) is 17.2 Å². The van der Waals surface area contributed by atoms with Crippen LogP contribution in [0.25, 0.3) is 0 Å². The van der Waals surface area contributed by atoms with Crippen molar-refractivity contribution < 1.29 is 74.2 Å².